The monoisotopic (exact) mass is 320 g/mol. The summed E-state index contributed by atoms with van der Waals surface area (Å²) in [6, 6.07) is 0. The van der Waals surface area contributed by atoms with Crippen LogP contribution in [0.1, 0.15) is 27.9 Å². The van der Waals surface area contributed by atoms with Crippen LogP contribution in [0.25, 0.3) is 10.9 Å². The highest BCUT2D eigenvalue weighted by Crippen LogP contribution is 2.34. The SMILES string of the molecule is CCN1CCn2c(c(OC)c3c(=O)[nH]nc(C(=O)OC)c32)C1=O. The summed E-state index contributed by atoms with van der Waals surface area (Å²) < 4.78 is 11.6. The van der Waals surface area contributed by atoms with Gasteiger partial charge in [-0.2, -0.15) is 5.10 Å². The van der Waals surface area contributed by atoms with Crippen molar-refractivity contribution >= 4 is 22.8 Å². The maximum atomic E-state index is 12.6. The first-order chi connectivity index (χ1) is 11.0. The predicted molar refractivity (Wildman–Crippen MR) is 79.8 cm³/mol. The minimum atomic E-state index is -0.695. The van der Waals surface area contributed by atoms with Crippen molar-refractivity contribution in [3.8, 4) is 5.75 Å². The quantitative estimate of drug-likeness (QED) is 0.798. The molecular formula is C14H16N4O5. The molecule has 0 saturated carbocycles. The molecule has 2 aromatic rings. The molecule has 3 rings (SSSR count). The lowest BCUT2D eigenvalue weighted by Gasteiger charge is -2.27. The zero-order valence-electron chi connectivity index (χ0n) is 13.0. The van der Waals surface area contributed by atoms with E-state index in [0.29, 0.717) is 19.6 Å². The highest BCUT2D eigenvalue weighted by molar-refractivity contribution is 6.09. The normalized spacial score (nSPS) is 14.0. The molecule has 0 atom stereocenters. The Morgan fingerprint density at radius 1 is 1.30 bits per heavy atom. The predicted octanol–water partition coefficient (Wildman–Crippen LogP) is -0.00450. The Balaban J connectivity index is 2.44. The van der Waals surface area contributed by atoms with Crippen LogP contribution in [0.3, 0.4) is 0 Å². The number of hydrogen-bond acceptors (Lipinski definition) is 6. The van der Waals surface area contributed by atoms with Crippen LogP contribution in [-0.2, 0) is 11.3 Å². The number of fused-ring (bicyclic) bond motifs is 3. The molecule has 122 valence electrons. The second kappa shape index (κ2) is 5.41. The first-order valence-electron chi connectivity index (χ1n) is 7.11. The average molecular weight is 320 g/mol. The molecular weight excluding hydrogens is 304 g/mol. The molecule has 1 amide bonds. The first-order valence-corrected chi connectivity index (χ1v) is 7.11. The molecule has 1 aliphatic heterocycles. The summed E-state index contributed by atoms with van der Waals surface area (Å²) >= 11 is 0. The number of H-pyrrole nitrogens is 1. The van der Waals surface area contributed by atoms with Crippen LogP contribution in [-0.4, -0.2) is 58.8 Å². The molecule has 1 aliphatic rings. The van der Waals surface area contributed by atoms with Gasteiger partial charge in [0.25, 0.3) is 11.5 Å². The molecule has 2 aromatic heterocycles. The van der Waals surface area contributed by atoms with E-state index in [1.165, 1.54) is 14.2 Å². The fraction of sp³-hybridized carbons (Fsp3) is 0.429. The number of aromatic nitrogens is 3. The molecule has 23 heavy (non-hydrogen) atoms. The number of ether oxygens (including phenoxy) is 2. The van der Waals surface area contributed by atoms with E-state index in [0.717, 1.165) is 0 Å². The van der Waals surface area contributed by atoms with Crippen molar-refractivity contribution in [2.45, 2.75) is 13.5 Å². The van der Waals surface area contributed by atoms with Gasteiger partial charge in [-0.25, -0.2) is 9.89 Å². The number of methoxy groups -OCH3 is 2. The largest absolute Gasteiger partial charge is 0.493 e. The summed E-state index contributed by atoms with van der Waals surface area (Å²) in [5.74, 6) is -0.793. The van der Waals surface area contributed by atoms with Gasteiger partial charge in [0.15, 0.2) is 17.1 Å². The van der Waals surface area contributed by atoms with Crippen LogP contribution in [0, 0.1) is 0 Å². The van der Waals surface area contributed by atoms with Gasteiger partial charge in [-0.1, -0.05) is 0 Å². The second-order valence-corrected chi connectivity index (χ2v) is 5.03. The molecule has 9 nitrogen and oxygen atoms in total. The maximum absolute atomic E-state index is 12.6. The van der Waals surface area contributed by atoms with E-state index >= 15 is 0 Å². The van der Waals surface area contributed by atoms with Crippen LogP contribution < -0.4 is 10.3 Å². The number of aromatic amines is 1. The zero-order valence-corrected chi connectivity index (χ0v) is 13.0. The Morgan fingerprint density at radius 2 is 2.04 bits per heavy atom. The Labute approximate surface area is 130 Å². The molecule has 3 heterocycles. The molecule has 0 aliphatic carbocycles. The standard InChI is InChI=1S/C14H16N4O5/c1-4-17-5-6-18-9-7(11(22-2)10(18)13(17)20)12(19)16-15-8(9)14(21)23-3/h4-6H2,1-3H3,(H,16,19). The molecule has 0 bridgehead atoms. The third-order valence-corrected chi connectivity index (χ3v) is 3.99. The summed E-state index contributed by atoms with van der Waals surface area (Å²) in [6.45, 7) is 3.32. The van der Waals surface area contributed by atoms with Gasteiger partial charge in [-0.3, -0.25) is 9.59 Å². The van der Waals surface area contributed by atoms with Gasteiger partial charge in [0, 0.05) is 19.6 Å². The highest BCUT2D eigenvalue weighted by atomic mass is 16.5. The Morgan fingerprint density at radius 3 is 2.65 bits per heavy atom. The van der Waals surface area contributed by atoms with Gasteiger partial charge in [-0.05, 0) is 6.92 Å². The van der Waals surface area contributed by atoms with Crippen molar-refractivity contribution in [1.82, 2.24) is 19.7 Å². The molecule has 0 unspecified atom stereocenters. The molecule has 1 N–H and O–H groups in total. The molecule has 9 heteroatoms. The molecule has 0 saturated heterocycles. The lowest BCUT2D eigenvalue weighted by molar-refractivity contribution is 0.0592. The zero-order chi connectivity index (χ0) is 16.7. The van der Waals surface area contributed by atoms with Crippen molar-refractivity contribution in [2.24, 2.45) is 0 Å². The van der Waals surface area contributed by atoms with E-state index in [2.05, 4.69) is 10.2 Å². The minimum absolute atomic E-state index is 0.0515. The number of nitrogens with zero attached hydrogens (tertiary/aromatic N) is 3. The van der Waals surface area contributed by atoms with Crippen molar-refractivity contribution < 1.29 is 19.1 Å². The smallest absolute Gasteiger partial charge is 0.360 e. The minimum Gasteiger partial charge on any atom is -0.493 e. The van der Waals surface area contributed by atoms with Crippen LogP contribution in [0.5, 0.6) is 5.75 Å². The summed E-state index contributed by atoms with van der Waals surface area (Å²) in [5.41, 5.74) is -0.0672. The summed E-state index contributed by atoms with van der Waals surface area (Å²) in [5, 5.41) is 6.17. The number of likely N-dealkylation sites (N-methyl/N-ethyl adjacent to an activating group) is 1. The third kappa shape index (κ3) is 2.00. The number of hydrogen-bond donors (Lipinski definition) is 1. The Kier molecular flexibility index (Phi) is 3.55. The maximum Gasteiger partial charge on any atom is 0.360 e. The number of carbonyl (C=O) groups excluding carboxylic acids is 2. The van der Waals surface area contributed by atoms with E-state index in [1.54, 1.807) is 9.47 Å². The summed E-state index contributed by atoms with van der Waals surface area (Å²) in [7, 11) is 2.60. The Bertz CT molecular complexity index is 866. The van der Waals surface area contributed by atoms with Crippen molar-refractivity contribution in [2.75, 3.05) is 27.3 Å². The van der Waals surface area contributed by atoms with Crippen LogP contribution in [0.4, 0.5) is 0 Å². The summed E-state index contributed by atoms with van der Waals surface area (Å²) in [4.78, 5) is 38.5. The van der Waals surface area contributed by atoms with Gasteiger partial charge >= 0.3 is 5.97 Å². The van der Waals surface area contributed by atoms with Crippen LogP contribution in [0.15, 0.2) is 4.79 Å². The molecule has 0 radical (unpaired) electrons. The van der Waals surface area contributed by atoms with E-state index in [4.69, 9.17) is 9.47 Å². The number of rotatable bonds is 3. The topological polar surface area (TPSA) is 107 Å². The fourth-order valence-corrected chi connectivity index (χ4v) is 2.92. The Hall–Kier alpha value is -2.84. The number of amides is 1. The van der Waals surface area contributed by atoms with Gasteiger partial charge in [0.05, 0.1) is 19.7 Å². The molecule has 0 spiro atoms. The van der Waals surface area contributed by atoms with Crippen LogP contribution >= 0.6 is 0 Å². The van der Waals surface area contributed by atoms with E-state index in [9.17, 15) is 14.4 Å². The van der Waals surface area contributed by atoms with Crippen LogP contribution in [0.2, 0.25) is 0 Å². The second-order valence-electron chi connectivity index (χ2n) is 5.03. The van der Waals surface area contributed by atoms with Crippen molar-refractivity contribution in [3.63, 3.8) is 0 Å². The first kappa shape index (κ1) is 15.1. The van der Waals surface area contributed by atoms with Gasteiger partial charge in [0.1, 0.15) is 5.39 Å². The summed E-state index contributed by atoms with van der Waals surface area (Å²) in [6.07, 6.45) is 0. The van der Waals surface area contributed by atoms with E-state index < -0.39 is 11.5 Å². The van der Waals surface area contributed by atoms with E-state index in [1.807, 2.05) is 6.92 Å². The fourth-order valence-electron chi connectivity index (χ4n) is 2.92. The van der Waals surface area contributed by atoms with Crippen molar-refractivity contribution in [3.05, 3.63) is 21.7 Å². The van der Waals surface area contributed by atoms with Gasteiger partial charge in [0.2, 0.25) is 0 Å². The highest BCUT2D eigenvalue weighted by Gasteiger charge is 2.34. The average Bonchev–Trinajstić information content (AvgIpc) is 2.91. The van der Waals surface area contributed by atoms with Crippen molar-refractivity contribution in [1.29, 1.82) is 0 Å². The number of carbonyl (C=O) groups is 2. The van der Waals surface area contributed by atoms with Gasteiger partial charge < -0.3 is 18.9 Å². The number of nitrogens with one attached hydrogen (secondary N) is 1. The molecule has 0 fully saturated rings. The molecule has 0 aromatic carbocycles. The third-order valence-electron chi connectivity index (χ3n) is 3.99. The van der Waals surface area contributed by atoms with E-state index in [-0.39, 0.29) is 33.9 Å². The van der Waals surface area contributed by atoms with Gasteiger partial charge in [-0.15, -0.1) is 0 Å². The number of esters is 1. The lowest BCUT2D eigenvalue weighted by Crippen LogP contribution is -2.40. The lowest BCUT2D eigenvalue weighted by atomic mass is 10.2.